The van der Waals surface area contributed by atoms with Crippen LogP contribution in [0.5, 0.6) is 0 Å². The SMILES string of the molecule is CCCC1=C(c2ccc3[cH-]c4ccccc4c3c2)CC=C1.[Zr]=[C](c1ccccc1)c1ccccc1. The minimum absolute atomic E-state index is 1.08. The molecule has 170 valence electrons. The van der Waals surface area contributed by atoms with Crippen LogP contribution in [0, 0.1) is 0 Å². The molecule has 0 amide bonds. The van der Waals surface area contributed by atoms with Gasteiger partial charge in [-0.05, 0) is 29.6 Å². The molecular weight excluding hydrogens is 500 g/mol. The molecule has 0 heterocycles. The van der Waals surface area contributed by atoms with Crippen LogP contribution in [0.4, 0.5) is 0 Å². The molecule has 0 bridgehead atoms. The van der Waals surface area contributed by atoms with Gasteiger partial charge in [0.1, 0.15) is 0 Å². The van der Waals surface area contributed by atoms with Crippen molar-refractivity contribution in [1.29, 1.82) is 0 Å². The molecule has 0 radical (unpaired) electrons. The van der Waals surface area contributed by atoms with Crippen LogP contribution >= 0.6 is 0 Å². The molecule has 1 heteroatoms. The van der Waals surface area contributed by atoms with Crippen LogP contribution in [0.1, 0.15) is 42.9 Å². The van der Waals surface area contributed by atoms with E-state index in [2.05, 4.69) is 128 Å². The van der Waals surface area contributed by atoms with Gasteiger partial charge in [0.2, 0.25) is 0 Å². The Kier molecular flexibility index (Phi) is 7.55. The van der Waals surface area contributed by atoms with Gasteiger partial charge in [-0.15, -0.1) is 39.7 Å². The molecule has 5 aromatic carbocycles. The topological polar surface area (TPSA) is 0 Å². The molecular formula is C34H29Zr-. The molecule has 0 aliphatic heterocycles. The average Bonchev–Trinajstić information content (AvgIpc) is 3.54. The monoisotopic (exact) mass is 527 g/mol. The molecule has 6 rings (SSSR count). The van der Waals surface area contributed by atoms with Crippen molar-refractivity contribution in [3.63, 3.8) is 0 Å². The molecule has 0 N–H and O–H groups in total. The van der Waals surface area contributed by atoms with Crippen molar-refractivity contribution in [2.24, 2.45) is 0 Å². The Balaban J connectivity index is 0.000000158. The van der Waals surface area contributed by atoms with E-state index in [1.54, 1.807) is 0 Å². The zero-order valence-electron chi connectivity index (χ0n) is 20.2. The number of hydrogen-bond acceptors (Lipinski definition) is 0. The van der Waals surface area contributed by atoms with Gasteiger partial charge in [-0.3, -0.25) is 0 Å². The van der Waals surface area contributed by atoms with Gasteiger partial charge in [0.15, 0.2) is 0 Å². The summed E-state index contributed by atoms with van der Waals surface area (Å²) in [6, 6.07) is 39.0. The van der Waals surface area contributed by atoms with E-state index < -0.39 is 0 Å². The Morgan fingerprint density at radius 3 is 2.06 bits per heavy atom. The summed E-state index contributed by atoms with van der Waals surface area (Å²) in [4.78, 5) is 0. The molecule has 5 aromatic rings. The number of benzene rings is 4. The molecule has 1 aliphatic rings. The van der Waals surface area contributed by atoms with Crippen molar-refractivity contribution in [2.75, 3.05) is 0 Å². The van der Waals surface area contributed by atoms with Gasteiger partial charge in [0.05, 0.1) is 0 Å². The van der Waals surface area contributed by atoms with E-state index in [0.717, 1.165) is 6.42 Å². The number of hydrogen-bond donors (Lipinski definition) is 0. The summed E-state index contributed by atoms with van der Waals surface area (Å²) in [5, 5.41) is 5.46. The maximum atomic E-state index is 2.38. The predicted octanol–water partition coefficient (Wildman–Crippen LogP) is 9.03. The molecule has 0 saturated carbocycles. The maximum absolute atomic E-state index is 2.38. The predicted molar refractivity (Wildman–Crippen MR) is 149 cm³/mol. The summed E-state index contributed by atoms with van der Waals surface area (Å²) in [5.41, 5.74) is 7.10. The van der Waals surface area contributed by atoms with Crippen LogP contribution < -0.4 is 0 Å². The van der Waals surface area contributed by atoms with Gasteiger partial charge >= 0.3 is 99.2 Å². The fourth-order valence-corrected chi connectivity index (χ4v) is 5.69. The number of rotatable bonds is 5. The van der Waals surface area contributed by atoms with E-state index >= 15 is 0 Å². The zero-order valence-corrected chi connectivity index (χ0v) is 22.6. The van der Waals surface area contributed by atoms with E-state index in [0.29, 0.717) is 0 Å². The van der Waals surface area contributed by atoms with Crippen LogP contribution in [0.25, 0.3) is 27.1 Å². The van der Waals surface area contributed by atoms with Crippen LogP contribution in [0.3, 0.4) is 0 Å². The minimum atomic E-state index is 1.08. The second-order valence-corrected chi connectivity index (χ2v) is 10.2. The third-order valence-corrected chi connectivity index (χ3v) is 8.06. The molecule has 0 nitrogen and oxygen atoms in total. The van der Waals surface area contributed by atoms with Crippen LogP contribution in [0.15, 0.2) is 127 Å². The molecule has 0 atom stereocenters. The summed E-state index contributed by atoms with van der Waals surface area (Å²) < 4.78 is 1.42. The van der Waals surface area contributed by atoms with Crippen molar-refractivity contribution in [3.8, 4) is 0 Å². The fraction of sp³-hybridized carbons (Fsp3) is 0.118. The van der Waals surface area contributed by atoms with Crippen molar-refractivity contribution in [3.05, 3.63) is 144 Å². The molecule has 0 spiro atoms. The summed E-state index contributed by atoms with van der Waals surface area (Å²) in [6.45, 7) is 2.25. The van der Waals surface area contributed by atoms with Gasteiger partial charge in [0, 0.05) is 0 Å². The van der Waals surface area contributed by atoms with Crippen molar-refractivity contribution in [1.82, 2.24) is 0 Å². The van der Waals surface area contributed by atoms with Crippen molar-refractivity contribution in [2.45, 2.75) is 26.2 Å². The molecule has 1 aliphatic carbocycles. The summed E-state index contributed by atoms with van der Waals surface area (Å²) in [5.74, 6) is 0. The molecule has 35 heavy (non-hydrogen) atoms. The Morgan fingerprint density at radius 1 is 0.743 bits per heavy atom. The molecule has 0 aromatic heterocycles. The summed E-state index contributed by atoms with van der Waals surface area (Å²) in [6.07, 6.45) is 8.09. The molecule has 0 fully saturated rings. The molecule has 0 unspecified atom stereocenters. The number of fused-ring (bicyclic) bond motifs is 3. The Labute approximate surface area is 223 Å². The van der Waals surface area contributed by atoms with E-state index in [9.17, 15) is 0 Å². The first-order valence-electron chi connectivity index (χ1n) is 12.4. The van der Waals surface area contributed by atoms with Crippen molar-refractivity contribution >= 4 is 30.3 Å². The normalized spacial score (nSPS) is 12.7. The van der Waals surface area contributed by atoms with Crippen LogP contribution in [-0.4, -0.2) is 3.21 Å². The number of allylic oxidation sites excluding steroid dienone is 4. The van der Waals surface area contributed by atoms with Crippen LogP contribution in [0.2, 0.25) is 0 Å². The van der Waals surface area contributed by atoms with Gasteiger partial charge in [-0.2, -0.15) is 0 Å². The van der Waals surface area contributed by atoms with E-state index in [1.807, 2.05) is 0 Å². The average molecular weight is 529 g/mol. The third kappa shape index (κ3) is 5.31. The first kappa shape index (κ1) is 23.7. The van der Waals surface area contributed by atoms with Crippen LogP contribution in [-0.2, 0) is 24.2 Å². The van der Waals surface area contributed by atoms with Crippen molar-refractivity contribution < 1.29 is 24.2 Å². The van der Waals surface area contributed by atoms with E-state index in [4.69, 9.17) is 0 Å². The Morgan fingerprint density at radius 2 is 1.37 bits per heavy atom. The van der Waals surface area contributed by atoms with E-state index in [-0.39, 0.29) is 0 Å². The fourth-order valence-electron chi connectivity index (χ4n) is 4.87. The quantitative estimate of drug-likeness (QED) is 0.200. The third-order valence-electron chi connectivity index (χ3n) is 6.64. The van der Waals surface area contributed by atoms with Gasteiger partial charge in [-0.25, -0.2) is 0 Å². The van der Waals surface area contributed by atoms with E-state index in [1.165, 1.54) is 89.7 Å². The zero-order chi connectivity index (χ0) is 24.0. The summed E-state index contributed by atoms with van der Waals surface area (Å²) in [7, 11) is 0. The Hall–Kier alpha value is -3.02. The molecule has 0 saturated heterocycles. The standard InChI is InChI=1S/C21H19.C13H10.Zr/c1-2-6-15-8-5-10-19(15)18-12-11-17-13-16-7-3-4-9-20(16)21(17)14-18;1-3-7-12(8-4-1)11-13-9-5-2-6-10-13;/h3-5,7-9,11-14H,2,6,10H2,1H3;1-10H;/q-1;;. The van der Waals surface area contributed by atoms with Gasteiger partial charge in [-0.1, -0.05) is 55.8 Å². The first-order chi connectivity index (χ1) is 17.2. The van der Waals surface area contributed by atoms with Gasteiger partial charge < -0.3 is 0 Å². The second kappa shape index (κ2) is 11.1. The Bertz CT molecular complexity index is 1470. The summed E-state index contributed by atoms with van der Waals surface area (Å²) >= 11 is 1.46. The second-order valence-electron chi connectivity index (χ2n) is 9.00. The first-order valence-corrected chi connectivity index (χ1v) is 13.6. The van der Waals surface area contributed by atoms with Gasteiger partial charge in [0.25, 0.3) is 0 Å².